The number of rotatable bonds is 16. The second kappa shape index (κ2) is 16.0. The molecular formula is C43H47NO11. The number of ether oxygens (including phenoxy) is 4. The molecule has 12 heteroatoms. The number of aliphatic hydroxyl groups is 2. The normalized spacial score (nSPS) is 16.9. The van der Waals surface area contributed by atoms with Crippen LogP contribution in [0.25, 0.3) is 49.2 Å². The average Bonchev–Trinajstić information content (AvgIpc) is 3.33. The zero-order valence-corrected chi connectivity index (χ0v) is 31.5. The van der Waals surface area contributed by atoms with Gasteiger partial charge < -0.3 is 39.6 Å². The van der Waals surface area contributed by atoms with Crippen molar-refractivity contribution in [3.63, 3.8) is 0 Å². The fourth-order valence-corrected chi connectivity index (χ4v) is 9.17. The van der Waals surface area contributed by atoms with Crippen molar-refractivity contribution < 1.29 is 43.9 Å². The number of aromatic hydroxyl groups is 1. The predicted octanol–water partition coefficient (Wildman–Crippen LogP) is 5.46. The fraction of sp³-hybridized carbons (Fsp3) is 0.442. The van der Waals surface area contributed by atoms with E-state index in [1.165, 1.54) is 13.2 Å². The number of allylic oxidation sites excluding steroid dienone is 1. The number of esters is 1. The Bertz CT molecular complexity index is 2430. The van der Waals surface area contributed by atoms with Gasteiger partial charge in [0.15, 0.2) is 11.2 Å². The van der Waals surface area contributed by atoms with Crippen LogP contribution in [0.3, 0.4) is 0 Å². The van der Waals surface area contributed by atoms with Crippen LogP contribution in [0.1, 0.15) is 73.3 Å². The number of fused-ring (bicyclic) bond motifs is 1. The Kier molecular flexibility index (Phi) is 11.1. The van der Waals surface area contributed by atoms with Crippen LogP contribution in [-0.2, 0) is 49.9 Å². The Morgan fingerprint density at radius 2 is 1.60 bits per heavy atom. The van der Waals surface area contributed by atoms with Crippen LogP contribution in [-0.4, -0.2) is 68.3 Å². The molecule has 0 saturated heterocycles. The van der Waals surface area contributed by atoms with Gasteiger partial charge in [-0.2, -0.15) is 0 Å². The van der Waals surface area contributed by atoms with Crippen molar-refractivity contribution in [2.75, 3.05) is 45.9 Å². The number of phenols is 1. The van der Waals surface area contributed by atoms with Gasteiger partial charge >= 0.3 is 5.97 Å². The number of carbonyl (C=O) groups excluding carboxylic acids is 2. The van der Waals surface area contributed by atoms with Crippen LogP contribution in [0.15, 0.2) is 27.3 Å². The zero-order chi connectivity index (χ0) is 39.0. The molecule has 4 N–H and O–H groups in total. The zero-order valence-electron chi connectivity index (χ0n) is 31.5. The standard InChI is InChI=1S/C43H47NO11/c1-22-15-28-27(10-7-23-5-8-24(9-6-23)43(51)55-14-13-52-2)40(49)37-31(48)18-26(20-46)33-32-25(19-45)17-30(44-11-4-12-54-21-47)36-38(32)35(34(28)39(33)37)29(16-22)42(53-3)41(36)50/h15,17-18,21,23-24,44-46,49H,4-14,16,19-20H2,1-3H3. The van der Waals surface area contributed by atoms with Gasteiger partial charge in [-0.1, -0.05) is 11.6 Å². The first-order valence-electron chi connectivity index (χ1n) is 19.0. The maximum Gasteiger partial charge on any atom is 0.309 e. The Labute approximate surface area is 317 Å². The summed E-state index contributed by atoms with van der Waals surface area (Å²) in [7, 11) is 3.03. The molecule has 0 radical (unpaired) electrons. The highest BCUT2D eigenvalue weighted by Crippen LogP contribution is 2.52. The van der Waals surface area contributed by atoms with Gasteiger partial charge in [-0.25, -0.2) is 0 Å². The molecule has 0 bridgehead atoms. The number of phenolic OH excluding ortho intramolecular Hbond substituents is 1. The first kappa shape index (κ1) is 38.2. The summed E-state index contributed by atoms with van der Waals surface area (Å²) in [5.74, 6) is -0.00191. The second-order valence-corrected chi connectivity index (χ2v) is 14.8. The molecule has 12 nitrogen and oxygen atoms in total. The molecule has 5 aromatic carbocycles. The Balaban J connectivity index is 1.46. The van der Waals surface area contributed by atoms with Crippen LogP contribution in [0.4, 0.5) is 5.69 Å². The minimum atomic E-state index is -0.485. The molecule has 2 aliphatic carbocycles. The molecule has 0 atom stereocenters. The van der Waals surface area contributed by atoms with Gasteiger partial charge in [-0.15, -0.1) is 0 Å². The number of methoxy groups -OCH3 is 2. The monoisotopic (exact) mass is 753 g/mol. The summed E-state index contributed by atoms with van der Waals surface area (Å²) in [5.41, 5.74) is 3.44. The number of hydrogen-bond acceptors (Lipinski definition) is 12. The van der Waals surface area contributed by atoms with Gasteiger partial charge in [0.2, 0.25) is 5.43 Å². The van der Waals surface area contributed by atoms with E-state index in [4.69, 9.17) is 18.9 Å². The molecule has 55 heavy (non-hydrogen) atoms. The van der Waals surface area contributed by atoms with E-state index in [2.05, 4.69) is 5.32 Å². The molecule has 2 aliphatic rings. The Morgan fingerprint density at radius 1 is 0.891 bits per heavy atom. The lowest BCUT2D eigenvalue weighted by molar-refractivity contribution is -0.151. The minimum Gasteiger partial charge on any atom is -0.507 e. The lowest BCUT2D eigenvalue weighted by atomic mass is 9.78. The number of hydrogen-bond donors (Lipinski definition) is 4. The number of anilines is 1. The smallest absolute Gasteiger partial charge is 0.309 e. The van der Waals surface area contributed by atoms with Gasteiger partial charge in [0, 0.05) is 41.2 Å². The summed E-state index contributed by atoms with van der Waals surface area (Å²) in [6.07, 6.45) is 7.11. The van der Waals surface area contributed by atoms with Crippen molar-refractivity contribution in [3.05, 3.63) is 66.0 Å². The molecule has 0 aromatic heterocycles. The maximum atomic E-state index is 14.6. The van der Waals surface area contributed by atoms with Gasteiger partial charge in [-0.05, 0) is 115 Å². The SMILES string of the molecule is COCCOC(=O)C1CCC(CCc2c(O)c3c(=O)cc(CO)c4c5c(CO)cc(NCCCOC=O)c6c(=O)c(OC)c7c(c(c2C=C(C)C7)c34)c65)CC1. The third kappa shape index (κ3) is 6.59. The van der Waals surface area contributed by atoms with Crippen LogP contribution in [0.2, 0.25) is 0 Å². The van der Waals surface area contributed by atoms with Crippen LogP contribution >= 0.6 is 0 Å². The average molecular weight is 754 g/mol. The van der Waals surface area contributed by atoms with Crippen molar-refractivity contribution >= 4 is 67.3 Å². The lowest BCUT2D eigenvalue weighted by Gasteiger charge is -2.28. The minimum absolute atomic E-state index is 0.110. The number of aliphatic hydroxyl groups excluding tert-OH is 2. The number of carbonyl (C=O) groups is 2. The molecule has 7 rings (SSSR count). The summed E-state index contributed by atoms with van der Waals surface area (Å²) >= 11 is 0. The molecule has 290 valence electrons. The molecule has 1 saturated carbocycles. The summed E-state index contributed by atoms with van der Waals surface area (Å²) in [5, 5.41) is 41.1. The van der Waals surface area contributed by atoms with Crippen molar-refractivity contribution in [3.8, 4) is 11.5 Å². The number of benzene rings is 5. The van der Waals surface area contributed by atoms with Crippen LogP contribution in [0, 0.1) is 11.8 Å². The van der Waals surface area contributed by atoms with Crippen molar-refractivity contribution in [2.45, 2.75) is 71.5 Å². The van der Waals surface area contributed by atoms with Crippen molar-refractivity contribution in [2.24, 2.45) is 11.8 Å². The highest BCUT2D eigenvalue weighted by atomic mass is 16.6. The van der Waals surface area contributed by atoms with E-state index >= 15 is 0 Å². The van der Waals surface area contributed by atoms with Crippen molar-refractivity contribution in [1.29, 1.82) is 0 Å². The Morgan fingerprint density at radius 3 is 2.27 bits per heavy atom. The largest absolute Gasteiger partial charge is 0.507 e. The Hall–Kier alpha value is -5.04. The van der Waals surface area contributed by atoms with E-state index in [0.717, 1.165) is 30.4 Å². The fourth-order valence-electron chi connectivity index (χ4n) is 9.17. The first-order valence-corrected chi connectivity index (χ1v) is 19.0. The summed E-state index contributed by atoms with van der Waals surface area (Å²) in [6.45, 7) is 2.58. The molecule has 0 aliphatic heterocycles. The summed E-state index contributed by atoms with van der Waals surface area (Å²) in [6, 6.07) is 3.05. The van der Waals surface area contributed by atoms with E-state index in [-0.39, 0.29) is 53.3 Å². The summed E-state index contributed by atoms with van der Waals surface area (Å²) < 4.78 is 21.2. The van der Waals surface area contributed by atoms with Gasteiger partial charge in [-0.3, -0.25) is 19.2 Å². The summed E-state index contributed by atoms with van der Waals surface area (Å²) in [4.78, 5) is 52.0. The molecule has 0 unspecified atom stereocenters. The molecule has 0 spiro atoms. The van der Waals surface area contributed by atoms with E-state index in [0.29, 0.717) is 117 Å². The van der Waals surface area contributed by atoms with Gasteiger partial charge in [0.1, 0.15) is 12.4 Å². The highest BCUT2D eigenvalue weighted by Gasteiger charge is 2.33. The molecule has 5 aromatic rings. The molecule has 0 heterocycles. The number of nitrogens with one attached hydrogen (secondary N) is 1. The van der Waals surface area contributed by atoms with E-state index in [1.54, 1.807) is 13.2 Å². The lowest BCUT2D eigenvalue weighted by Crippen LogP contribution is -2.25. The van der Waals surface area contributed by atoms with Crippen LogP contribution < -0.4 is 20.9 Å². The second-order valence-electron chi connectivity index (χ2n) is 14.8. The maximum absolute atomic E-state index is 14.6. The van der Waals surface area contributed by atoms with Crippen LogP contribution in [0.5, 0.6) is 11.5 Å². The predicted molar refractivity (Wildman–Crippen MR) is 211 cm³/mol. The van der Waals surface area contributed by atoms with E-state index in [1.807, 2.05) is 13.0 Å². The highest BCUT2D eigenvalue weighted by molar-refractivity contribution is 6.38. The van der Waals surface area contributed by atoms with E-state index < -0.39 is 18.6 Å². The molecular weight excluding hydrogens is 706 g/mol. The quantitative estimate of drug-likeness (QED) is 0.0330. The van der Waals surface area contributed by atoms with Crippen molar-refractivity contribution in [1.82, 2.24) is 0 Å². The molecule has 1 fully saturated rings. The molecule has 0 amide bonds. The third-order valence-corrected chi connectivity index (χ3v) is 11.6. The van der Waals surface area contributed by atoms with Gasteiger partial charge in [0.25, 0.3) is 6.47 Å². The third-order valence-electron chi connectivity index (χ3n) is 11.6. The topological polar surface area (TPSA) is 178 Å². The first-order chi connectivity index (χ1) is 26.7. The van der Waals surface area contributed by atoms with E-state index in [9.17, 15) is 34.5 Å². The van der Waals surface area contributed by atoms with Gasteiger partial charge in [0.05, 0.1) is 50.2 Å².